The van der Waals surface area contributed by atoms with Crippen molar-refractivity contribution in [3.63, 3.8) is 0 Å². The van der Waals surface area contributed by atoms with E-state index in [1.54, 1.807) is 53.2 Å². The van der Waals surface area contributed by atoms with Crippen molar-refractivity contribution in [2.45, 2.75) is 290 Å². The minimum atomic E-state index is -6.17. The van der Waals surface area contributed by atoms with Crippen LogP contribution in [0.15, 0.2) is 0 Å². The van der Waals surface area contributed by atoms with Crippen molar-refractivity contribution in [3.8, 4) is 29.8 Å². The molecule has 0 spiro atoms. The molecule has 0 saturated heterocycles. The molecule has 0 aromatic carbocycles. The summed E-state index contributed by atoms with van der Waals surface area (Å²) in [5.41, 5.74) is 0. The number of hydrogen-bond donors (Lipinski definition) is 0. The molecule has 11 heteroatoms. The van der Waals surface area contributed by atoms with E-state index in [2.05, 4.69) is 83.1 Å². The molecule has 378 valence electrons. The minimum absolute atomic E-state index is 0.839. The van der Waals surface area contributed by atoms with E-state index in [0.717, 1.165) is 29.8 Å². The Morgan fingerprint density at radius 1 is 0.215 bits per heavy atom. The van der Waals surface area contributed by atoms with Crippen LogP contribution in [0.3, 0.4) is 0 Å². The van der Waals surface area contributed by atoms with E-state index in [4.69, 9.17) is 31.6 Å². The normalized spacial score (nSPS) is 11.0. The molecule has 6 nitrogen and oxygen atoms in total. The number of nitriles is 6. The van der Waals surface area contributed by atoms with Crippen LogP contribution in [-0.4, -0.2) is 79.0 Å². The summed E-state index contributed by atoms with van der Waals surface area (Å²) in [6.45, 7) is 28.0. The Balaban J connectivity index is -0.000000231. The van der Waals surface area contributed by atoms with E-state index in [-0.39, 0.29) is 0 Å². The fourth-order valence-corrected chi connectivity index (χ4v) is 45.5. The predicted octanol–water partition coefficient (Wildman–Crippen LogP) is 19.6. The van der Waals surface area contributed by atoms with Crippen molar-refractivity contribution in [2.75, 3.05) is 0 Å². The van der Waals surface area contributed by atoms with Gasteiger partial charge in [0.15, 0.2) is 0 Å². The summed E-state index contributed by atoms with van der Waals surface area (Å²) in [5, 5.41) is 51.5. The summed E-state index contributed by atoms with van der Waals surface area (Å²) in [6, 6.07) is 0. The van der Waals surface area contributed by atoms with Crippen molar-refractivity contribution in [3.05, 3.63) is 0 Å². The molecule has 0 aromatic rings. The summed E-state index contributed by atoms with van der Waals surface area (Å²) < 4.78 is 20.2. The molecule has 65 heavy (non-hydrogen) atoms. The third kappa shape index (κ3) is 41.0. The Morgan fingerprint density at radius 3 is 0.354 bits per heavy atom. The summed E-state index contributed by atoms with van der Waals surface area (Å²) in [7, 11) is -6.17. The topological polar surface area (TPSA) is 143 Å². The molecule has 0 aliphatic heterocycles. The van der Waals surface area contributed by atoms with Crippen molar-refractivity contribution in [1.82, 2.24) is 0 Å². The van der Waals surface area contributed by atoms with Crippen LogP contribution >= 0.6 is 0 Å². The van der Waals surface area contributed by atoms with Gasteiger partial charge in [-0.2, -0.15) is 0 Å². The first kappa shape index (κ1) is 74.6. The zero-order valence-electron chi connectivity index (χ0n) is 45.5. The number of rotatable bonds is 36. The fraction of sp³-hybridized carbons (Fsp3) is 0.889. The van der Waals surface area contributed by atoms with Crippen molar-refractivity contribution < 1.29 is 10.7 Å². The van der Waals surface area contributed by atoms with Crippen molar-refractivity contribution in [2.24, 2.45) is 0 Å². The molecule has 0 aliphatic carbocycles. The average Bonchev–Trinajstić information content (AvgIpc) is 3.35. The molecule has 0 heterocycles. The van der Waals surface area contributed by atoms with Gasteiger partial charge in [-0.15, -0.1) is 0 Å². The maximum absolute atomic E-state index is 8.58. The number of unbranched alkanes of at least 4 members (excludes halogenated alkanes) is 12. The number of hydrogen-bond acceptors (Lipinski definition) is 6. The monoisotopic (exact) mass is 1380 g/mol. The Hall–Kier alpha value is 0.654. The van der Waals surface area contributed by atoms with Crippen molar-refractivity contribution >= 4 is 79.0 Å². The molecule has 0 fully saturated rings. The fourth-order valence-electron chi connectivity index (χ4n) is 6.89. The first-order valence-electron chi connectivity index (χ1n) is 27.1. The van der Waals surface area contributed by atoms with E-state index < -0.39 is 89.8 Å². The van der Waals surface area contributed by atoms with Crippen LogP contribution in [0.2, 0.25) is 53.2 Å². The Kier molecular flexibility index (Phi) is 62.0. The number of nitrogens with zero attached hydrogens (tertiary/aromatic N) is 6. The first-order chi connectivity index (χ1) is 31.4. The van der Waals surface area contributed by atoms with Crippen LogP contribution in [0.1, 0.15) is 237 Å². The van der Waals surface area contributed by atoms with Gasteiger partial charge in [0.2, 0.25) is 0 Å². The zero-order valence-corrected chi connectivity index (χ0v) is 58.0. The van der Waals surface area contributed by atoms with Crippen LogP contribution in [0.5, 0.6) is 0 Å². The quantitative estimate of drug-likeness (QED) is 0.0572. The van der Waals surface area contributed by atoms with Crippen LogP contribution in [0.4, 0.5) is 0 Å². The molecule has 0 aliphatic rings. The van der Waals surface area contributed by atoms with Gasteiger partial charge in [-0.1, -0.05) is 0 Å². The van der Waals surface area contributed by atoms with E-state index in [1.165, 1.54) is 154 Å². The van der Waals surface area contributed by atoms with Crippen LogP contribution < -0.4 is 0 Å². The molecule has 0 N–H and O–H groups in total. The summed E-state index contributed by atoms with van der Waals surface area (Å²) in [4.78, 5) is 6.19. The second kappa shape index (κ2) is 54.0. The predicted molar refractivity (Wildman–Crippen MR) is 293 cm³/mol. The molecule has 0 atom stereocenters. The molecule has 0 rings (SSSR count). The van der Waals surface area contributed by atoms with Crippen LogP contribution in [0.25, 0.3) is 0 Å². The second-order valence-electron chi connectivity index (χ2n) is 18.0. The van der Waals surface area contributed by atoms with Gasteiger partial charge in [0.1, 0.15) is 0 Å². The standard InChI is InChI=1S/12C4H9.6CN.Fe.4Sn/c12*1-3-4-2;6*1-2;;;;;/h12*1,3-4H2,2H3;;;;;;;;;;;/q;;;;;;;;;;;;;;;;;;-4;4*+1. The third-order valence-electron chi connectivity index (χ3n) is 11.8. The van der Waals surface area contributed by atoms with Gasteiger partial charge in [-0.05, 0) is 0 Å². The molecule has 0 radical (unpaired) electrons. The third-order valence-corrected chi connectivity index (χ3v) is 51.8. The SMILES string of the molecule is CCC[CH2][Sn+]([CH2]CCC)[CH2]CCC.CCC[CH2][Sn+]([CH2]CCC)[CH2]CCC.CCC[CH2][Sn+]([CH2]CCC)[CH2]CCC.CCC[CH2][Sn+]([CH2]CCC)[CH2]CCC.N#[C][Fe-4]([C]#N)([C]#N)([C]#N)([C]#N)[C]#N. The van der Waals surface area contributed by atoms with Gasteiger partial charge in [-0.3, -0.25) is 0 Å². The van der Waals surface area contributed by atoms with E-state index in [1.807, 2.05) is 0 Å². The Morgan fingerprint density at radius 2 is 0.308 bits per heavy atom. The van der Waals surface area contributed by atoms with E-state index in [9.17, 15) is 0 Å². The molecule has 0 bridgehead atoms. The van der Waals surface area contributed by atoms with Gasteiger partial charge in [-0.25, -0.2) is 0 Å². The molecular weight excluding hydrogens is 1260 g/mol. The molecule has 0 amide bonds. The molecular formula is C54H108FeN6Sn4. The maximum atomic E-state index is 8.58. The zero-order chi connectivity index (χ0) is 50.4. The van der Waals surface area contributed by atoms with Crippen molar-refractivity contribution in [1.29, 1.82) is 31.6 Å². The van der Waals surface area contributed by atoms with Gasteiger partial charge in [0.25, 0.3) is 0 Å². The molecule has 0 saturated carbocycles. The molecule has 0 aromatic heterocycles. The Bertz CT molecular complexity index is 989. The average molecular weight is 1370 g/mol. The second-order valence-corrected chi connectivity index (χ2v) is 57.9. The van der Waals surface area contributed by atoms with E-state index in [0.29, 0.717) is 0 Å². The summed E-state index contributed by atoms with van der Waals surface area (Å²) >= 11 is -3.36. The van der Waals surface area contributed by atoms with Gasteiger partial charge in [0.05, 0.1) is 0 Å². The van der Waals surface area contributed by atoms with Gasteiger partial charge >= 0.3 is 442 Å². The van der Waals surface area contributed by atoms with Crippen LogP contribution in [0, 0.1) is 61.4 Å². The van der Waals surface area contributed by atoms with E-state index >= 15 is 0 Å². The Labute approximate surface area is 436 Å². The van der Waals surface area contributed by atoms with Gasteiger partial charge < -0.3 is 0 Å². The first-order valence-corrected chi connectivity index (χ1v) is 54.7. The van der Waals surface area contributed by atoms with Gasteiger partial charge in [0, 0.05) is 0 Å². The van der Waals surface area contributed by atoms with Crippen LogP contribution in [-0.2, 0) is 10.7 Å². The summed E-state index contributed by atoms with van der Waals surface area (Å²) in [5.74, 6) is 0. The molecule has 0 unspecified atom stereocenters. The summed E-state index contributed by atoms with van der Waals surface area (Å²) in [6.07, 6.45) is 35.4.